The van der Waals surface area contributed by atoms with E-state index in [1.807, 2.05) is 0 Å². The third-order valence-electron chi connectivity index (χ3n) is 4.65. The lowest BCUT2D eigenvalue weighted by Gasteiger charge is -2.36. The molecule has 0 aliphatic carbocycles. The summed E-state index contributed by atoms with van der Waals surface area (Å²) in [5, 5.41) is -0.305. The van der Waals surface area contributed by atoms with Gasteiger partial charge in [0.25, 0.3) is 0 Å². The predicted octanol–water partition coefficient (Wildman–Crippen LogP) is 0.281. The summed E-state index contributed by atoms with van der Waals surface area (Å²) in [6.07, 6.45) is 3.77. The molecule has 0 unspecified atom stereocenters. The highest BCUT2D eigenvalue weighted by molar-refractivity contribution is 7.91. The first-order chi connectivity index (χ1) is 9.79. The van der Waals surface area contributed by atoms with Crippen molar-refractivity contribution in [2.24, 2.45) is 5.92 Å². The van der Waals surface area contributed by atoms with Crippen molar-refractivity contribution < 1.29 is 18.0 Å². The monoisotopic (exact) mass is 316 g/mol. The first-order valence-electron chi connectivity index (χ1n) is 7.52. The quantitative estimate of drug-likeness (QED) is 0.733. The van der Waals surface area contributed by atoms with Crippen LogP contribution < -0.4 is 0 Å². The fourth-order valence-corrected chi connectivity index (χ4v) is 4.27. The van der Waals surface area contributed by atoms with E-state index in [1.165, 1.54) is 6.26 Å². The van der Waals surface area contributed by atoms with Crippen molar-refractivity contribution in [3.8, 4) is 0 Å². The summed E-state index contributed by atoms with van der Waals surface area (Å²) in [4.78, 5) is 27.3. The standard InChI is InChI=1S/C14H24N2O4S/c1-11(17)15-7-3-12(4-8-15)14(18)16-9-5-13(6-10-16)21(2,19)20/h12-13H,3-10H2,1-2H3. The lowest BCUT2D eigenvalue weighted by molar-refractivity contribution is -0.140. The van der Waals surface area contributed by atoms with Crippen LogP contribution in [0.2, 0.25) is 0 Å². The maximum Gasteiger partial charge on any atom is 0.225 e. The van der Waals surface area contributed by atoms with Crippen molar-refractivity contribution in [1.82, 2.24) is 9.80 Å². The van der Waals surface area contributed by atoms with Crippen molar-refractivity contribution in [2.75, 3.05) is 32.4 Å². The van der Waals surface area contributed by atoms with E-state index in [9.17, 15) is 18.0 Å². The minimum Gasteiger partial charge on any atom is -0.343 e. The molecule has 21 heavy (non-hydrogen) atoms. The van der Waals surface area contributed by atoms with Gasteiger partial charge in [-0.1, -0.05) is 0 Å². The minimum atomic E-state index is -3.00. The van der Waals surface area contributed by atoms with Crippen molar-refractivity contribution in [2.45, 2.75) is 37.9 Å². The molecular weight excluding hydrogens is 292 g/mol. The molecule has 0 spiro atoms. The van der Waals surface area contributed by atoms with Crippen LogP contribution in [0, 0.1) is 5.92 Å². The topological polar surface area (TPSA) is 74.8 Å². The Morgan fingerprint density at radius 2 is 1.38 bits per heavy atom. The second-order valence-corrected chi connectivity index (χ2v) is 8.46. The van der Waals surface area contributed by atoms with Crippen LogP contribution in [0.5, 0.6) is 0 Å². The fraction of sp³-hybridized carbons (Fsp3) is 0.857. The molecule has 0 radical (unpaired) electrons. The second-order valence-electron chi connectivity index (χ2n) is 6.13. The van der Waals surface area contributed by atoms with Crippen LogP contribution in [0.1, 0.15) is 32.6 Å². The molecule has 2 fully saturated rings. The third-order valence-corrected chi connectivity index (χ3v) is 6.33. The van der Waals surface area contributed by atoms with Gasteiger partial charge in [-0.05, 0) is 25.7 Å². The van der Waals surface area contributed by atoms with Gasteiger partial charge in [-0.15, -0.1) is 0 Å². The van der Waals surface area contributed by atoms with Gasteiger partial charge in [0, 0.05) is 45.3 Å². The Hall–Kier alpha value is -1.11. The van der Waals surface area contributed by atoms with E-state index in [0.29, 0.717) is 51.9 Å². The van der Waals surface area contributed by atoms with Gasteiger partial charge >= 0.3 is 0 Å². The number of rotatable bonds is 2. The molecule has 6 nitrogen and oxygen atoms in total. The van der Waals surface area contributed by atoms with Crippen LogP contribution in [0.25, 0.3) is 0 Å². The van der Waals surface area contributed by atoms with E-state index in [0.717, 1.165) is 0 Å². The van der Waals surface area contributed by atoms with Gasteiger partial charge in [-0.25, -0.2) is 8.42 Å². The van der Waals surface area contributed by atoms with E-state index < -0.39 is 9.84 Å². The largest absolute Gasteiger partial charge is 0.343 e. The van der Waals surface area contributed by atoms with Crippen LogP contribution in [0.3, 0.4) is 0 Å². The molecule has 120 valence electrons. The highest BCUT2D eigenvalue weighted by Crippen LogP contribution is 2.23. The summed E-state index contributed by atoms with van der Waals surface area (Å²) in [6.45, 7) is 3.90. The molecular formula is C14H24N2O4S. The van der Waals surface area contributed by atoms with Crippen molar-refractivity contribution >= 4 is 21.7 Å². The number of piperidine rings is 2. The van der Waals surface area contributed by atoms with E-state index in [2.05, 4.69) is 0 Å². The number of carbonyl (C=O) groups excluding carboxylic acids is 2. The summed E-state index contributed by atoms with van der Waals surface area (Å²) in [5.74, 6) is 0.176. The lowest BCUT2D eigenvalue weighted by atomic mass is 9.94. The van der Waals surface area contributed by atoms with E-state index >= 15 is 0 Å². The summed E-state index contributed by atoms with van der Waals surface area (Å²) in [5.41, 5.74) is 0. The van der Waals surface area contributed by atoms with Gasteiger partial charge in [0.1, 0.15) is 9.84 Å². The number of hydrogen-bond acceptors (Lipinski definition) is 4. The molecule has 0 N–H and O–H groups in total. The zero-order valence-electron chi connectivity index (χ0n) is 12.7. The Labute approximate surface area is 126 Å². The molecule has 0 saturated carbocycles. The lowest BCUT2D eigenvalue weighted by Crippen LogP contribution is -2.47. The second kappa shape index (κ2) is 6.34. The van der Waals surface area contributed by atoms with E-state index in [-0.39, 0.29) is 23.0 Å². The molecule has 0 atom stereocenters. The molecule has 2 heterocycles. The first kappa shape index (κ1) is 16.3. The third kappa shape index (κ3) is 3.96. The molecule has 0 bridgehead atoms. The molecule has 2 rings (SSSR count). The molecule has 0 aromatic rings. The van der Waals surface area contributed by atoms with Crippen LogP contribution in [0.4, 0.5) is 0 Å². The average Bonchev–Trinajstić information content (AvgIpc) is 2.46. The van der Waals surface area contributed by atoms with Gasteiger partial charge in [0.2, 0.25) is 11.8 Å². The number of hydrogen-bond donors (Lipinski definition) is 0. The molecule has 2 saturated heterocycles. The molecule has 2 amide bonds. The normalized spacial score (nSPS) is 22.4. The summed E-state index contributed by atoms with van der Waals surface area (Å²) < 4.78 is 23.0. The number of amides is 2. The van der Waals surface area contributed by atoms with Gasteiger partial charge in [-0.3, -0.25) is 9.59 Å². The summed E-state index contributed by atoms with van der Waals surface area (Å²) in [6, 6.07) is 0. The highest BCUT2D eigenvalue weighted by atomic mass is 32.2. The highest BCUT2D eigenvalue weighted by Gasteiger charge is 2.33. The smallest absolute Gasteiger partial charge is 0.225 e. The fourth-order valence-electron chi connectivity index (χ4n) is 3.20. The Kier molecular flexibility index (Phi) is 4.91. The Bertz CT molecular complexity index is 501. The average molecular weight is 316 g/mol. The molecule has 2 aliphatic heterocycles. The summed E-state index contributed by atoms with van der Waals surface area (Å²) >= 11 is 0. The van der Waals surface area contributed by atoms with Crippen LogP contribution in [-0.2, 0) is 19.4 Å². The Balaban J connectivity index is 1.84. The number of nitrogens with zero attached hydrogens (tertiary/aromatic N) is 2. The van der Waals surface area contributed by atoms with Gasteiger partial charge < -0.3 is 9.80 Å². The van der Waals surface area contributed by atoms with Crippen molar-refractivity contribution in [1.29, 1.82) is 0 Å². The van der Waals surface area contributed by atoms with Gasteiger partial charge in [0.05, 0.1) is 5.25 Å². The summed E-state index contributed by atoms with van der Waals surface area (Å²) in [7, 11) is -3.00. The molecule has 2 aliphatic rings. The Morgan fingerprint density at radius 3 is 1.81 bits per heavy atom. The minimum absolute atomic E-state index is 0.0182. The maximum atomic E-state index is 12.5. The van der Waals surface area contributed by atoms with E-state index in [4.69, 9.17) is 0 Å². The Morgan fingerprint density at radius 1 is 0.905 bits per heavy atom. The molecule has 0 aromatic heterocycles. The van der Waals surface area contributed by atoms with Crippen molar-refractivity contribution in [3.63, 3.8) is 0 Å². The number of carbonyl (C=O) groups is 2. The van der Waals surface area contributed by atoms with Crippen LogP contribution >= 0.6 is 0 Å². The van der Waals surface area contributed by atoms with E-state index in [1.54, 1.807) is 16.7 Å². The molecule has 0 aromatic carbocycles. The molecule has 7 heteroatoms. The maximum absolute atomic E-state index is 12.5. The van der Waals surface area contributed by atoms with Gasteiger partial charge in [0.15, 0.2) is 0 Å². The predicted molar refractivity (Wildman–Crippen MR) is 79.4 cm³/mol. The first-order valence-corrected chi connectivity index (χ1v) is 9.47. The number of sulfone groups is 1. The zero-order valence-corrected chi connectivity index (χ0v) is 13.6. The van der Waals surface area contributed by atoms with Gasteiger partial charge in [-0.2, -0.15) is 0 Å². The van der Waals surface area contributed by atoms with Crippen molar-refractivity contribution in [3.05, 3.63) is 0 Å². The zero-order chi connectivity index (χ0) is 15.6. The van der Waals surface area contributed by atoms with Crippen LogP contribution in [0.15, 0.2) is 0 Å². The SMILES string of the molecule is CC(=O)N1CCC(C(=O)N2CCC(S(C)(=O)=O)CC2)CC1. The van der Waals surface area contributed by atoms with Crippen LogP contribution in [-0.4, -0.2) is 67.7 Å². The number of likely N-dealkylation sites (tertiary alicyclic amines) is 2.